The lowest BCUT2D eigenvalue weighted by atomic mass is 9.92. The van der Waals surface area contributed by atoms with Crippen LogP contribution in [0.2, 0.25) is 0 Å². The van der Waals surface area contributed by atoms with Crippen LogP contribution in [0.25, 0.3) is 0 Å². The quantitative estimate of drug-likeness (QED) is 0.815. The predicted molar refractivity (Wildman–Crippen MR) is 81.3 cm³/mol. The summed E-state index contributed by atoms with van der Waals surface area (Å²) in [6.07, 6.45) is 3.55. The van der Waals surface area contributed by atoms with Crippen LogP contribution in [0.4, 0.5) is 0 Å². The van der Waals surface area contributed by atoms with Crippen molar-refractivity contribution in [1.29, 1.82) is 0 Å². The van der Waals surface area contributed by atoms with Crippen LogP contribution in [0.3, 0.4) is 0 Å². The van der Waals surface area contributed by atoms with Gasteiger partial charge in [0.2, 0.25) is 0 Å². The van der Waals surface area contributed by atoms with Crippen molar-refractivity contribution in [3.05, 3.63) is 34.9 Å². The van der Waals surface area contributed by atoms with Gasteiger partial charge in [0, 0.05) is 18.4 Å². The Morgan fingerprint density at radius 1 is 1.21 bits per heavy atom. The van der Waals surface area contributed by atoms with E-state index < -0.39 is 0 Å². The Hall–Kier alpha value is -1.15. The molecule has 2 nitrogen and oxygen atoms in total. The van der Waals surface area contributed by atoms with E-state index in [0.717, 1.165) is 19.3 Å². The summed E-state index contributed by atoms with van der Waals surface area (Å²) in [7, 11) is 0. The van der Waals surface area contributed by atoms with Crippen molar-refractivity contribution >= 4 is 5.78 Å². The van der Waals surface area contributed by atoms with Gasteiger partial charge in [-0.05, 0) is 44.7 Å². The number of benzene rings is 1. The number of Topliss-reactive ketones (excluding diaryl/α,β-unsaturated/α-hetero) is 1. The lowest BCUT2D eigenvalue weighted by Crippen LogP contribution is -2.17. The molecule has 0 radical (unpaired) electrons. The molecule has 0 saturated carbocycles. The Bertz CT molecular complexity index is 423. The number of ketones is 1. The first-order valence-electron chi connectivity index (χ1n) is 7.24. The second-order valence-electron chi connectivity index (χ2n) is 5.88. The monoisotopic (exact) mass is 261 g/mol. The molecule has 19 heavy (non-hydrogen) atoms. The second-order valence-corrected chi connectivity index (χ2v) is 5.88. The summed E-state index contributed by atoms with van der Waals surface area (Å²) in [4.78, 5) is 12.2. The Morgan fingerprint density at radius 2 is 1.89 bits per heavy atom. The van der Waals surface area contributed by atoms with Crippen LogP contribution in [0.15, 0.2) is 18.2 Å². The molecule has 0 aliphatic rings. The van der Waals surface area contributed by atoms with Crippen molar-refractivity contribution in [2.75, 3.05) is 0 Å². The average Bonchev–Trinajstić information content (AvgIpc) is 2.33. The van der Waals surface area contributed by atoms with E-state index in [4.69, 9.17) is 5.73 Å². The van der Waals surface area contributed by atoms with Crippen LogP contribution >= 0.6 is 0 Å². The lowest BCUT2D eigenvalue weighted by Gasteiger charge is -2.13. The molecule has 0 aromatic heterocycles. The molecular formula is C17H27NO. The van der Waals surface area contributed by atoms with E-state index in [0.29, 0.717) is 12.2 Å². The van der Waals surface area contributed by atoms with Crippen molar-refractivity contribution in [1.82, 2.24) is 0 Å². The van der Waals surface area contributed by atoms with Crippen LogP contribution in [0.1, 0.15) is 49.8 Å². The number of rotatable bonds is 7. The fourth-order valence-corrected chi connectivity index (χ4v) is 2.26. The van der Waals surface area contributed by atoms with E-state index in [1.54, 1.807) is 0 Å². The molecule has 0 spiro atoms. The molecule has 0 amide bonds. The van der Waals surface area contributed by atoms with E-state index in [1.807, 2.05) is 13.8 Å². The largest absolute Gasteiger partial charge is 0.328 e. The molecule has 0 fully saturated rings. The van der Waals surface area contributed by atoms with Gasteiger partial charge in [0.1, 0.15) is 5.78 Å². The lowest BCUT2D eigenvalue weighted by molar-refractivity contribution is -0.121. The van der Waals surface area contributed by atoms with Gasteiger partial charge in [0.25, 0.3) is 0 Å². The smallest absolute Gasteiger partial charge is 0.140 e. The molecular weight excluding hydrogens is 234 g/mol. The molecule has 1 aromatic rings. The molecule has 2 heteroatoms. The molecule has 1 rings (SSSR count). The van der Waals surface area contributed by atoms with Crippen LogP contribution in [0, 0.1) is 19.8 Å². The number of nitrogens with two attached hydrogens (primary N) is 1. The van der Waals surface area contributed by atoms with Crippen molar-refractivity contribution in [2.45, 2.75) is 59.4 Å². The zero-order chi connectivity index (χ0) is 14.4. The molecule has 2 N–H and O–H groups in total. The summed E-state index contributed by atoms with van der Waals surface area (Å²) in [5.74, 6) is 0.483. The van der Waals surface area contributed by atoms with E-state index in [2.05, 4.69) is 32.0 Å². The maximum atomic E-state index is 12.2. The minimum absolute atomic E-state index is 0.138. The first-order valence-corrected chi connectivity index (χ1v) is 7.24. The SMILES string of the molecule is Cc1ccc(C)c(CC(=O)C(C)CCCC(C)N)c1. The normalized spacial score (nSPS) is 14.2. The van der Waals surface area contributed by atoms with Gasteiger partial charge in [-0.15, -0.1) is 0 Å². The van der Waals surface area contributed by atoms with E-state index in [1.165, 1.54) is 16.7 Å². The molecule has 0 aliphatic carbocycles. The third-order valence-corrected chi connectivity index (χ3v) is 3.72. The van der Waals surface area contributed by atoms with Crippen LogP contribution in [0.5, 0.6) is 0 Å². The number of hydrogen-bond acceptors (Lipinski definition) is 2. The van der Waals surface area contributed by atoms with Crippen molar-refractivity contribution in [2.24, 2.45) is 11.7 Å². The van der Waals surface area contributed by atoms with Crippen LogP contribution in [-0.4, -0.2) is 11.8 Å². The molecule has 0 heterocycles. The summed E-state index contributed by atoms with van der Waals surface area (Å²) >= 11 is 0. The third kappa shape index (κ3) is 5.56. The van der Waals surface area contributed by atoms with Crippen molar-refractivity contribution in [3.8, 4) is 0 Å². The summed E-state index contributed by atoms with van der Waals surface area (Å²) < 4.78 is 0. The highest BCUT2D eigenvalue weighted by molar-refractivity contribution is 5.83. The number of hydrogen-bond donors (Lipinski definition) is 1. The highest BCUT2D eigenvalue weighted by Crippen LogP contribution is 2.16. The number of carbonyl (C=O) groups excluding carboxylic acids is 1. The Balaban J connectivity index is 2.51. The molecule has 2 atom stereocenters. The summed E-state index contributed by atoms with van der Waals surface area (Å²) in [5.41, 5.74) is 9.33. The van der Waals surface area contributed by atoms with Gasteiger partial charge in [-0.3, -0.25) is 4.79 Å². The van der Waals surface area contributed by atoms with Crippen LogP contribution < -0.4 is 5.73 Å². The Labute approximate surface area is 117 Å². The second kappa shape index (κ2) is 7.44. The first kappa shape index (κ1) is 15.9. The van der Waals surface area contributed by atoms with Gasteiger partial charge in [0.05, 0.1) is 0 Å². The number of carbonyl (C=O) groups is 1. The van der Waals surface area contributed by atoms with Gasteiger partial charge >= 0.3 is 0 Å². The molecule has 0 bridgehead atoms. The average molecular weight is 261 g/mol. The van der Waals surface area contributed by atoms with E-state index in [-0.39, 0.29) is 12.0 Å². The maximum Gasteiger partial charge on any atom is 0.140 e. The zero-order valence-corrected chi connectivity index (χ0v) is 12.7. The molecule has 2 unspecified atom stereocenters. The molecule has 0 aliphatic heterocycles. The Kier molecular flexibility index (Phi) is 6.23. The third-order valence-electron chi connectivity index (χ3n) is 3.72. The molecule has 1 aromatic carbocycles. The van der Waals surface area contributed by atoms with Crippen LogP contribution in [-0.2, 0) is 11.2 Å². The van der Waals surface area contributed by atoms with Gasteiger partial charge < -0.3 is 5.73 Å². The minimum atomic E-state index is 0.138. The fraction of sp³-hybridized carbons (Fsp3) is 0.588. The molecule has 106 valence electrons. The van der Waals surface area contributed by atoms with Crippen molar-refractivity contribution in [3.63, 3.8) is 0 Å². The van der Waals surface area contributed by atoms with E-state index in [9.17, 15) is 4.79 Å². The van der Waals surface area contributed by atoms with Gasteiger partial charge in [-0.2, -0.15) is 0 Å². The maximum absolute atomic E-state index is 12.2. The minimum Gasteiger partial charge on any atom is -0.328 e. The van der Waals surface area contributed by atoms with Crippen molar-refractivity contribution < 1.29 is 4.79 Å². The summed E-state index contributed by atoms with van der Waals surface area (Å²) in [6, 6.07) is 6.55. The van der Waals surface area contributed by atoms with Gasteiger partial charge in [-0.1, -0.05) is 37.1 Å². The first-order chi connectivity index (χ1) is 8.90. The predicted octanol–water partition coefficient (Wildman–Crippen LogP) is 3.57. The zero-order valence-electron chi connectivity index (χ0n) is 12.7. The topological polar surface area (TPSA) is 43.1 Å². The highest BCUT2D eigenvalue weighted by atomic mass is 16.1. The highest BCUT2D eigenvalue weighted by Gasteiger charge is 2.14. The van der Waals surface area contributed by atoms with Gasteiger partial charge in [0.15, 0.2) is 0 Å². The summed E-state index contributed by atoms with van der Waals surface area (Å²) in [5, 5.41) is 0. The van der Waals surface area contributed by atoms with Gasteiger partial charge in [-0.25, -0.2) is 0 Å². The standard InChI is InChI=1S/C17H27NO/c1-12-8-9-13(2)16(10-12)11-17(19)14(3)6-5-7-15(4)18/h8-10,14-15H,5-7,11,18H2,1-4H3. The Morgan fingerprint density at radius 3 is 2.53 bits per heavy atom. The summed E-state index contributed by atoms with van der Waals surface area (Å²) in [6.45, 7) is 8.19. The molecule has 0 saturated heterocycles. The van der Waals surface area contributed by atoms with E-state index >= 15 is 0 Å². The number of aryl methyl sites for hydroxylation is 2. The fourth-order valence-electron chi connectivity index (χ4n) is 2.26.